The minimum Gasteiger partial charge on any atom is -0.492 e. The maximum Gasteiger partial charge on any atom is 0.337 e. The van der Waals surface area contributed by atoms with Gasteiger partial charge in [0.05, 0.1) is 36.6 Å². The maximum absolute atomic E-state index is 13.2. The van der Waals surface area contributed by atoms with Gasteiger partial charge in [0.1, 0.15) is 10.6 Å². The molecular weight excluding hydrogens is 460 g/mol. The van der Waals surface area contributed by atoms with Gasteiger partial charge in [-0.15, -0.1) is 0 Å². The smallest absolute Gasteiger partial charge is 0.337 e. The molecule has 1 unspecified atom stereocenters. The van der Waals surface area contributed by atoms with E-state index in [4.69, 9.17) is 4.74 Å². The molecule has 10 nitrogen and oxygen atoms in total. The first-order valence-corrected chi connectivity index (χ1v) is 12.6. The predicted molar refractivity (Wildman–Crippen MR) is 117 cm³/mol. The van der Waals surface area contributed by atoms with Crippen molar-refractivity contribution in [1.29, 1.82) is 0 Å². The fourth-order valence-corrected chi connectivity index (χ4v) is 6.26. The number of esters is 1. The number of nitrogens with one attached hydrogen (secondary N) is 1. The minimum atomic E-state index is -4.30. The Kier molecular flexibility index (Phi) is 6.46. The quantitative estimate of drug-likeness (QED) is 0.592. The van der Waals surface area contributed by atoms with E-state index in [9.17, 15) is 26.4 Å². The number of carbonyl (C=O) groups excluding carboxylic acids is 2. The largest absolute Gasteiger partial charge is 0.492 e. The van der Waals surface area contributed by atoms with Crippen molar-refractivity contribution in [3.63, 3.8) is 0 Å². The number of benzene rings is 2. The Morgan fingerprint density at radius 2 is 1.94 bits per heavy atom. The van der Waals surface area contributed by atoms with E-state index in [-0.39, 0.29) is 39.9 Å². The molecule has 1 aliphatic heterocycles. The Labute approximate surface area is 186 Å². The molecule has 2 aromatic carbocycles. The van der Waals surface area contributed by atoms with Gasteiger partial charge in [0, 0.05) is 5.69 Å². The van der Waals surface area contributed by atoms with Crippen LogP contribution in [0.1, 0.15) is 24.2 Å². The number of methoxy groups -OCH3 is 1. The molecule has 1 fully saturated rings. The summed E-state index contributed by atoms with van der Waals surface area (Å²) < 4.78 is 64.2. The van der Waals surface area contributed by atoms with Gasteiger partial charge in [0.25, 0.3) is 10.0 Å². The van der Waals surface area contributed by atoms with Crippen LogP contribution in [0.15, 0.2) is 47.4 Å². The Hall–Kier alpha value is -3.12. The van der Waals surface area contributed by atoms with Crippen molar-refractivity contribution >= 4 is 43.3 Å². The Morgan fingerprint density at radius 3 is 2.53 bits per heavy atom. The molecule has 32 heavy (non-hydrogen) atoms. The number of sulfonamides is 2. The predicted octanol–water partition coefficient (Wildman–Crippen LogP) is 1.99. The third-order valence-electron chi connectivity index (χ3n) is 4.65. The number of nitrogens with zero attached hydrogens (tertiary/aromatic N) is 1. The summed E-state index contributed by atoms with van der Waals surface area (Å²) in [5, 5.41) is 0. The number of anilines is 2. The fourth-order valence-electron chi connectivity index (χ4n) is 3.23. The molecule has 3 rings (SSSR count). The average molecular weight is 483 g/mol. The summed E-state index contributed by atoms with van der Waals surface area (Å²) >= 11 is 0. The Morgan fingerprint density at radius 1 is 1.22 bits per heavy atom. The van der Waals surface area contributed by atoms with Crippen molar-refractivity contribution in [3.8, 4) is 5.75 Å². The van der Waals surface area contributed by atoms with Crippen LogP contribution in [0.25, 0.3) is 0 Å². The lowest BCUT2D eigenvalue weighted by atomic mass is 10.2. The highest BCUT2D eigenvalue weighted by molar-refractivity contribution is 7.94. The van der Waals surface area contributed by atoms with Gasteiger partial charge < -0.3 is 9.47 Å². The fraction of sp³-hybridized carbons (Fsp3) is 0.300. The van der Waals surface area contributed by atoms with Crippen LogP contribution >= 0.6 is 0 Å². The van der Waals surface area contributed by atoms with Crippen LogP contribution in [0.3, 0.4) is 0 Å². The van der Waals surface area contributed by atoms with Gasteiger partial charge >= 0.3 is 5.97 Å². The molecule has 1 N–H and O–H groups in total. The second-order valence-corrected chi connectivity index (χ2v) is 10.5. The summed E-state index contributed by atoms with van der Waals surface area (Å²) in [6.45, 7) is 3.30. The first-order chi connectivity index (χ1) is 15.0. The zero-order valence-corrected chi connectivity index (χ0v) is 19.2. The molecule has 0 aromatic heterocycles. The average Bonchev–Trinajstić information content (AvgIpc) is 2.94. The highest BCUT2D eigenvalue weighted by Crippen LogP contribution is 2.34. The molecule has 1 heterocycles. The molecule has 0 saturated carbocycles. The van der Waals surface area contributed by atoms with Gasteiger partial charge in [-0.3, -0.25) is 9.52 Å². The van der Waals surface area contributed by atoms with E-state index in [0.29, 0.717) is 4.31 Å². The standard InChI is InChI=1S/C20H22N2O8S2/c1-4-30-17-9-8-16(22-19(23)13(2)12-31(22,25)26)11-18(17)32(27,28)21-15-7-5-6-14(10-15)20(24)29-3/h5-11,13,21H,4,12H2,1-3H3. The summed E-state index contributed by atoms with van der Waals surface area (Å²) in [5.41, 5.74) is 0.111. The first kappa shape index (κ1) is 23.5. The van der Waals surface area contributed by atoms with Gasteiger partial charge in [-0.2, -0.15) is 0 Å². The Bertz CT molecular complexity index is 1270. The van der Waals surface area contributed by atoms with Crippen molar-refractivity contribution in [2.75, 3.05) is 28.5 Å². The van der Waals surface area contributed by atoms with Gasteiger partial charge in [0.15, 0.2) is 0 Å². The number of hydrogen-bond donors (Lipinski definition) is 1. The van der Waals surface area contributed by atoms with Crippen molar-refractivity contribution in [2.24, 2.45) is 5.92 Å². The highest BCUT2D eigenvalue weighted by Gasteiger charge is 2.42. The number of hydrogen-bond acceptors (Lipinski definition) is 8. The summed E-state index contributed by atoms with van der Waals surface area (Å²) in [5.74, 6) is -2.42. The monoisotopic (exact) mass is 482 g/mol. The lowest BCUT2D eigenvalue weighted by Gasteiger charge is -2.19. The van der Waals surface area contributed by atoms with E-state index in [1.54, 1.807) is 6.92 Å². The van der Waals surface area contributed by atoms with Gasteiger partial charge in [-0.25, -0.2) is 25.9 Å². The molecular formula is C20H22N2O8S2. The maximum atomic E-state index is 13.2. The third-order valence-corrected chi connectivity index (χ3v) is 7.92. The molecule has 1 amide bonds. The number of carbonyl (C=O) groups is 2. The van der Waals surface area contributed by atoms with Crippen LogP contribution < -0.4 is 13.8 Å². The van der Waals surface area contributed by atoms with Crippen LogP contribution in [0, 0.1) is 5.92 Å². The van der Waals surface area contributed by atoms with E-state index in [2.05, 4.69) is 9.46 Å². The lowest BCUT2D eigenvalue weighted by Crippen LogP contribution is -2.30. The molecule has 1 aliphatic rings. The zero-order chi connectivity index (χ0) is 23.7. The molecule has 0 aliphatic carbocycles. The number of ether oxygens (including phenoxy) is 2. The van der Waals surface area contributed by atoms with Crippen molar-refractivity contribution < 1.29 is 35.9 Å². The van der Waals surface area contributed by atoms with Crippen molar-refractivity contribution in [1.82, 2.24) is 0 Å². The second-order valence-electron chi connectivity index (χ2n) is 7.02. The van der Waals surface area contributed by atoms with Crippen LogP contribution in [0.2, 0.25) is 0 Å². The molecule has 1 saturated heterocycles. The third kappa shape index (κ3) is 4.55. The van der Waals surface area contributed by atoms with Crippen LogP contribution in [-0.4, -0.2) is 48.2 Å². The van der Waals surface area contributed by atoms with Crippen LogP contribution in [0.4, 0.5) is 11.4 Å². The molecule has 2 aromatic rings. The van der Waals surface area contributed by atoms with E-state index < -0.39 is 37.8 Å². The molecule has 1 atom stereocenters. The zero-order valence-electron chi connectivity index (χ0n) is 17.6. The summed E-state index contributed by atoms with van der Waals surface area (Å²) in [4.78, 5) is 23.8. The van der Waals surface area contributed by atoms with Crippen LogP contribution in [0.5, 0.6) is 5.75 Å². The van der Waals surface area contributed by atoms with Gasteiger partial charge in [0.2, 0.25) is 15.9 Å². The first-order valence-electron chi connectivity index (χ1n) is 9.55. The molecule has 12 heteroatoms. The molecule has 0 radical (unpaired) electrons. The Balaban J connectivity index is 2.06. The number of amides is 1. The van der Waals surface area contributed by atoms with E-state index in [1.165, 1.54) is 50.4 Å². The van der Waals surface area contributed by atoms with E-state index in [1.807, 2.05) is 0 Å². The summed E-state index contributed by atoms with van der Waals surface area (Å²) in [6, 6.07) is 9.35. The molecule has 0 bridgehead atoms. The van der Waals surface area contributed by atoms with E-state index in [0.717, 1.165) is 6.07 Å². The van der Waals surface area contributed by atoms with Gasteiger partial charge in [-0.1, -0.05) is 13.0 Å². The molecule has 172 valence electrons. The normalized spacial score (nSPS) is 17.8. The summed E-state index contributed by atoms with van der Waals surface area (Å²) in [7, 11) is -7.02. The highest BCUT2D eigenvalue weighted by atomic mass is 32.2. The summed E-state index contributed by atoms with van der Waals surface area (Å²) in [6.07, 6.45) is 0. The molecule has 0 spiro atoms. The lowest BCUT2D eigenvalue weighted by molar-refractivity contribution is -0.119. The van der Waals surface area contributed by atoms with Crippen molar-refractivity contribution in [3.05, 3.63) is 48.0 Å². The topological polar surface area (TPSA) is 136 Å². The van der Waals surface area contributed by atoms with Crippen LogP contribution in [-0.2, 0) is 29.6 Å². The van der Waals surface area contributed by atoms with E-state index >= 15 is 0 Å². The SMILES string of the molecule is CCOc1ccc(N2C(=O)C(C)CS2(=O)=O)cc1S(=O)(=O)Nc1cccc(C(=O)OC)c1. The number of rotatable bonds is 7. The second kappa shape index (κ2) is 8.79. The van der Waals surface area contributed by atoms with Gasteiger partial charge in [-0.05, 0) is 43.3 Å². The minimum absolute atomic E-state index is 0.0232. The van der Waals surface area contributed by atoms with Crippen molar-refractivity contribution in [2.45, 2.75) is 18.7 Å².